The minimum atomic E-state index is -0.375. The SMILES string of the molecule is O=C(NCc1ccnc(N2CCCCC2)c1)c1cccc(N2CCOC2=O)c1. The molecule has 0 spiro atoms. The largest absolute Gasteiger partial charge is 0.447 e. The second-order valence-corrected chi connectivity index (χ2v) is 7.07. The van der Waals surface area contributed by atoms with E-state index in [2.05, 4.69) is 15.2 Å². The lowest BCUT2D eigenvalue weighted by atomic mass is 10.1. The molecule has 7 heteroatoms. The van der Waals surface area contributed by atoms with E-state index in [1.54, 1.807) is 30.5 Å². The first-order valence-corrected chi connectivity index (χ1v) is 9.73. The monoisotopic (exact) mass is 380 g/mol. The third-order valence-electron chi connectivity index (χ3n) is 5.12. The number of piperidine rings is 1. The summed E-state index contributed by atoms with van der Waals surface area (Å²) in [6.07, 6.45) is 5.10. The number of anilines is 2. The lowest BCUT2D eigenvalue weighted by Crippen LogP contribution is -2.30. The summed E-state index contributed by atoms with van der Waals surface area (Å²) in [5, 5.41) is 2.95. The Bertz CT molecular complexity index is 864. The van der Waals surface area contributed by atoms with Gasteiger partial charge in [-0.25, -0.2) is 9.78 Å². The Kier molecular flexibility index (Phi) is 5.41. The van der Waals surface area contributed by atoms with Crippen LogP contribution in [0.15, 0.2) is 42.6 Å². The first kappa shape index (κ1) is 18.3. The highest BCUT2D eigenvalue weighted by atomic mass is 16.6. The van der Waals surface area contributed by atoms with E-state index in [0.717, 1.165) is 24.5 Å². The molecule has 0 aliphatic carbocycles. The summed E-state index contributed by atoms with van der Waals surface area (Å²) in [5.41, 5.74) is 2.21. The van der Waals surface area contributed by atoms with Crippen molar-refractivity contribution in [2.45, 2.75) is 25.8 Å². The molecular weight excluding hydrogens is 356 g/mol. The topological polar surface area (TPSA) is 74.8 Å². The summed E-state index contributed by atoms with van der Waals surface area (Å²) in [6.45, 7) is 3.37. The molecule has 2 aromatic rings. The smallest absolute Gasteiger partial charge is 0.414 e. The van der Waals surface area contributed by atoms with E-state index in [0.29, 0.717) is 30.9 Å². The number of carbonyl (C=O) groups is 2. The molecule has 7 nitrogen and oxygen atoms in total. The van der Waals surface area contributed by atoms with Crippen LogP contribution in [0.3, 0.4) is 0 Å². The number of amides is 2. The minimum absolute atomic E-state index is 0.175. The van der Waals surface area contributed by atoms with Crippen LogP contribution in [0, 0.1) is 0 Å². The standard InChI is InChI=1S/C21H24N4O3/c26-20(17-5-4-6-18(14-17)25-11-12-28-21(25)27)23-15-16-7-8-22-19(13-16)24-9-2-1-3-10-24/h4-8,13-14H,1-3,9-12,15H2,(H,23,26). The number of benzene rings is 1. The van der Waals surface area contributed by atoms with Crippen LogP contribution in [0.5, 0.6) is 0 Å². The molecule has 0 radical (unpaired) electrons. The zero-order valence-corrected chi connectivity index (χ0v) is 15.8. The quantitative estimate of drug-likeness (QED) is 0.863. The molecule has 2 amide bonds. The van der Waals surface area contributed by atoms with Crippen LogP contribution in [0.2, 0.25) is 0 Å². The molecule has 1 aromatic heterocycles. The third-order valence-corrected chi connectivity index (χ3v) is 5.12. The van der Waals surface area contributed by atoms with E-state index in [1.807, 2.05) is 12.1 Å². The van der Waals surface area contributed by atoms with Gasteiger partial charge >= 0.3 is 6.09 Å². The number of pyridine rings is 1. The Hall–Kier alpha value is -3.09. The van der Waals surface area contributed by atoms with Crippen molar-refractivity contribution in [3.05, 3.63) is 53.7 Å². The van der Waals surface area contributed by atoms with Gasteiger partial charge in [-0.3, -0.25) is 9.69 Å². The average Bonchev–Trinajstić information content (AvgIpc) is 3.19. The van der Waals surface area contributed by atoms with E-state index >= 15 is 0 Å². The second-order valence-electron chi connectivity index (χ2n) is 7.07. The number of cyclic esters (lactones) is 1. The maximum Gasteiger partial charge on any atom is 0.414 e. The Balaban J connectivity index is 1.40. The molecule has 0 unspecified atom stereocenters. The molecule has 146 valence electrons. The fourth-order valence-electron chi connectivity index (χ4n) is 3.59. The molecule has 1 N–H and O–H groups in total. The fourth-order valence-corrected chi connectivity index (χ4v) is 3.59. The van der Waals surface area contributed by atoms with E-state index < -0.39 is 0 Å². The number of rotatable bonds is 5. The number of aromatic nitrogens is 1. The molecule has 2 aliphatic heterocycles. The summed E-state index contributed by atoms with van der Waals surface area (Å²) in [5.74, 6) is 0.798. The van der Waals surface area contributed by atoms with Crippen LogP contribution in [0.1, 0.15) is 35.2 Å². The van der Waals surface area contributed by atoms with Crippen molar-refractivity contribution in [1.29, 1.82) is 0 Å². The molecule has 28 heavy (non-hydrogen) atoms. The summed E-state index contributed by atoms with van der Waals surface area (Å²) in [4.78, 5) is 32.6. The summed E-state index contributed by atoms with van der Waals surface area (Å²) in [6, 6.07) is 11.0. The van der Waals surface area contributed by atoms with Crippen LogP contribution in [-0.2, 0) is 11.3 Å². The molecule has 0 atom stereocenters. The van der Waals surface area contributed by atoms with Gasteiger partial charge in [0.15, 0.2) is 0 Å². The fraction of sp³-hybridized carbons (Fsp3) is 0.381. The van der Waals surface area contributed by atoms with E-state index in [-0.39, 0.29) is 12.0 Å². The van der Waals surface area contributed by atoms with Gasteiger partial charge in [0.25, 0.3) is 5.91 Å². The van der Waals surface area contributed by atoms with Crippen LogP contribution in [-0.4, -0.2) is 43.2 Å². The van der Waals surface area contributed by atoms with Gasteiger partial charge in [-0.15, -0.1) is 0 Å². The molecule has 4 rings (SSSR count). The first-order valence-electron chi connectivity index (χ1n) is 9.73. The zero-order chi connectivity index (χ0) is 19.3. The number of nitrogens with zero attached hydrogens (tertiary/aromatic N) is 3. The summed E-state index contributed by atoms with van der Waals surface area (Å²) >= 11 is 0. The van der Waals surface area contributed by atoms with Gasteiger partial charge in [0.1, 0.15) is 12.4 Å². The van der Waals surface area contributed by atoms with Crippen molar-refractivity contribution < 1.29 is 14.3 Å². The second kappa shape index (κ2) is 8.29. The van der Waals surface area contributed by atoms with Gasteiger partial charge in [0.2, 0.25) is 0 Å². The van der Waals surface area contributed by atoms with Gasteiger partial charge in [-0.05, 0) is 55.2 Å². The molecular formula is C21H24N4O3. The number of hydrogen-bond acceptors (Lipinski definition) is 5. The van der Waals surface area contributed by atoms with Gasteiger partial charge in [-0.1, -0.05) is 6.07 Å². The van der Waals surface area contributed by atoms with Gasteiger partial charge in [-0.2, -0.15) is 0 Å². The van der Waals surface area contributed by atoms with Crippen molar-refractivity contribution in [2.75, 3.05) is 36.0 Å². The lowest BCUT2D eigenvalue weighted by molar-refractivity contribution is 0.0951. The molecule has 2 fully saturated rings. The third kappa shape index (κ3) is 4.08. The Labute approximate surface area is 164 Å². The molecule has 2 saturated heterocycles. The first-order chi connectivity index (χ1) is 13.7. The minimum Gasteiger partial charge on any atom is -0.447 e. The van der Waals surface area contributed by atoms with Crippen LogP contribution in [0.25, 0.3) is 0 Å². The number of nitrogens with one attached hydrogen (secondary N) is 1. The maximum atomic E-state index is 12.6. The van der Waals surface area contributed by atoms with Crippen LogP contribution in [0.4, 0.5) is 16.3 Å². The van der Waals surface area contributed by atoms with Crippen molar-refractivity contribution in [3.8, 4) is 0 Å². The predicted molar refractivity (Wildman–Crippen MR) is 107 cm³/mol. The summed E-state index contributed by atoms with van der Waals surface area (Å²) in [7, 11) is 0. The molecule has 0 saturated carbocycles. The predicted octanol–water partition coefficient (Wildman–Crippen LogP) is 2.96. The number of hydrogen-bond donors (Lipinski definition) is 1. The normalized spacial score (nSPS) is 16.8. The maximum absolute atomic E-state index is 12.6. The molecule has 2 aliphatic rings. The van der Waals surface area contributed by atoms with Crippen molar-refractivity contribution in [2.24, 2.45) is 0 Å². The Morgan fingerprint density at radius 3 is 2.75 bits per heavy atom. The van der Waals surface area contributed by atoms with Crippen molar-refractivity contribution in [3.63, 3.8) is 0 Å². The Morgan fingerprint density at radius 1 is 1.11 bits per heavy atom. The zero-order valence-electron chi connectivity index (χ0n) is 15.8. The molecule has 3 heterocycles. The average molecular weight is 380 g/mol. The highest BCUT2D eigenvalue weighted by molar-refractivity contribution is 5.97. The van der Waals surface area contributed by atoms with Gasteiger partial charge < -0.3 is 15.0 Å². The van der Waals surface area contributed by atoms with E-state index in [4.69, 9.17) is 4.74 Å². The lowest BCUT2D eigenvalue weighted by Gasteiger charge is -2.27. The van der Waals surface area contributed by atoms with Crippen molar-refractivity contribution >= 4 is 23.5 Å². The Morgan fingerprint density at radius 2 is 1.96 bits per heavy atom. The van der Waals surface area contributed by atoms with Crippen molar-refractivity contribution in [1.82, 2.24) is 10.3 Å². The van der Waals surface area contributed by atoms with Crippen LogP contribution >= 0.6 is 0 Å². The number of ether oxygens (including phenoxy) is 1. The van der Waals surface area contributed by atoms with Gasteiger partial charge in [0.05, 0.1) is 6.54 Å². The van der Waals surface area contributed by atoms with Crippen LogP contribution < -0.4 is 15.1 Å². The summed E-state index contributed by atoms with van der Waals surface area (Å²) < 4.78 is 4.96. The highest BCUT2D eigenvalue weighted by Gasteiger charge is 2.24. The molecule has 0 bridgehead atoms. The van der Waals surface area contributed by atoms with Gasteiger partial charge in [0, 0.05) is 37.1 Å². The highest BCUT2D eigenvalue weighted by Crippen LogP contribution is 2.21. The van der Waals surface area contributed by atoms with E-state index in [1.165, 1.54) is 24.2 Å². The van der Waals surface area contributed by atoms with E-state index in [9.17, 15) is 9.59 Å². The number of carbonyl (C=O) groups excluding carboxylic acids is 2. The molecule has 1 aromatic carbocycles.